The summed E-state index contributed by atoms with van der Waals surface area (Å²) in [4.78, 5) is 0. The fourth-order valence-electron chi connectivity index (χ4n) is 3.64. The molecule has 4 N–H and O–H groups in total. The number of hydrogen-bond donors (Lipinski definition) is 3. The fourth-order valence-corrected chi connectivity index (χ4v) is 4.25. The van der Waals surface area contributed by atoms with Crippen LogP contribution in [0.1, 0.15) is 43.5 Å². The first-order valence-electron chi connectivity index (χ1n) is 7.78. The van der Waals surface area contributed by atoms with E-state index in [0.717, 1.165) is 18.0 Å². The minimum atomic E-state index is 0.575. The SMILES string of the molecule is Nc1nnc(CCNC2CCC3(CCNCC3)CC2)s1. The van der Waals surface area contributed by atoms with Crippen LogP contribution in [0.5, 0.6) is 0 Å². The first kappa shape index (κ1) is 14.2. The summed E-state index contributed by atoms with van der Waals surface area (Å²) >= 11 is 1.50. The van der Waals surface area contributed by atoms with Gasteiger partial charge < -0.3 is 16.4 Å². The maximum atomic E-state index is 5.59. The highest BCUT2D eigenvalue weighted by Gasteiger charge is 2.35. The van der Waals surface area contributed by atoms with Crippen LogP contribution in [0.15, 0.2) is 0 Å². The van der Waals surface area contributed by atoms with E-state index in [-0.39, 0.29) is 0 Å². The van der Waals surface area contributed by atoms with E-state index in [9.17, 15) is 0 Å². The van der Waals surface area contributed by atoms with E-state index in [0.29, 0.717) is 16.6 Å². The van der Waals surface area contributed by atoms with Gasteiger partial charge in [0.25, 0.3) is 0 Å². The topological polar surface area (TPSA) is 75.9 Å². The molecule has 0 bridgehead atoms. The molecule has 1 saturated heterocycles. The number of anilines is 1. The van der Waals surface area contributed by atoms with Gasteiger partial charge >= 0.3 is 0 Å². The Hall–Kier alpha value is -0.720. The minimum absolute atomic E-state index is 0.575. The molecule has 0 unspecified atom stereocenters. The molecule has 1 aromatic heterocycles. The largest absolute Gasteiger partial charge is 0.374 e. The second kappa shape index (κ2) is 6.37. The zero-order valence-electron chi connectivity index (χ0n) is 12.0. The molecule has 0 atom stereocenters. The monoisotopic (exact) mass is 295 g/mol. The molecule has 1 aliphatic carbocycles. The van der Waals surface area contributed by atoms with Crippen LogP contribution in [0.4, 0.5) is 5.13 Å². The van der Waals surface area contributed by atoms with Crippen LogP contribution in [-0.4, -0.2) is 35.9 Å². The van der Waals surface area contributed by atoms with Crippen LogP contribution < -0.4 is 16.4 Å². The van der Waals surface area contributed by atoms with Crippen molar-refractivity contribution in [2.24, 2.45) is 5.41 Å². The van der Waals surface area contributed by atoms with Crippen molar-refractivity contribution in [3.63, 3.8) is 0 Å². The van der Waals surface area contributed by atoms with Crippen molar-refractivity contribution in [1.29, 1.82) is 0 Å². The highest BCUT2D eigenvalue weighted by Crippen LogP contribution is 2.43. The molecule has 3 rings (SSSR count). The van der Waals surface area contributed by atoms with E-state index in [4.69, 9.17) is 5.73 Å². The maximum Gasteiger partial charge on any atom is 0.203 e. The summed E-state index contributed by atoms with van der Waals surface area (Å²) in [6, 6.07) is 0.695. The lowest BCUT2D eigenvalue weighted by atomic mass is 9.67. The summed E-state index contributed by atoms with van der Waals surface area (Å²) in [5, 5.41) is 16.7. The number of piperidine rings is 1. The molecule has 0 amide bonds. The predicted molar refractivity (Wildman–Crippen MR) is 82.8 cm³/mol. The van der Waals surface area contributed by atoms with Crippen LogP contribution in [-0.2, 0) is 6.42 Å². The Morgan fingerprint density at radius 1 is 1.20 bits per heavy atom. The van der Waals surface area contributed by atoms with Gasteiger partial charge in [-0.05, 0) is 57.0 Å². The molecule has 1 aliphatic heterocycles. The second-order valence-corrected chi connectivity index (χ2v) is 7.36. The van der Waals surface area contributed by atoms with Crippen molar-refractivity contribution in [3.8, 4) is 0 Å². The fraction of sp³-hybridized carbons (Fsp3) is 0.857. The van der Waals surface area contributed by atoms with Crippen LogP contribution in [0, 0.1) is 5.41 Å². The van der Waals surface area contributed by atoms with Crippen LogP contribution >= 0.6 is 11.3 Å². The quantitative estimate of drug-likeness (QED) is 0.786. The van der Waals surface area contributed by atoms with Gasteiger partial charge in [-0.15, -0.1) is 10.2 Å². The lowest BCUT2D eigenvalue weighted by molar-refractivity contribution is 0.116. The Balaban J connectivity index is 1.38. The van der Waals surface area contributed by atoms with Gasteiger partial charge in [-0.1, -0.05) is 11.3 Å². The zero-order chi connectivity index (χ0) is 13.8. The Morgan fingerprint density at radius 3 is 2.60 bits per heavy atom. The summed E-state index contributed by atoms with van der Waals surface area (Å²) in [5.41, 5.74) is 6.26. The molecule has 112 valence electrons. The van der Waals surface area contributed by atoms with Crippen molar-refractivity contribution in [2.45, 2.75) is 51.0 Å². The Kier molecular flexibility index (Phi) is 4.53. The van der Waals surface area contributed by atoms with Crippen molar-refractivity contribution in [2.75, 3.05) is 25.4 Å². The maximum absolute atomic E-state index is 5.59. The first-order chi connectivity index (χ1) is 9.76. The molecule has 1 saturated carbocycles. The molecule has 2 heterocycles. The lowest BCUT2D eigenvalue weighted by Gasteiger charge is -2.43. The predicted octanol–water partition coefficient (Wildman–Crippen LogP) is 1.56. The van der Waals surface area contributed by atoms with Gasteiger partial charge in [-0.2, -0.15) is 0 Å². The van der Waals surface area contributed by atoms with Gasteiger partial charge in [0.2, 0.25) is 5.13 Å². The lowest BCUT2D eigenvalue weighted by Crippen LogP contribution is -2.43. The number of nitrogens with one attached hydrogen (secondary N) is 2. The highest BCUT2D eigenvalue weighted by atomic mass is 32.1. The molecule has 5 nitrogen and oxygen atoms in total. The van der Waals surface area contributed by atoms with Crippen molar-refractivity contribution >= 4 is 16.5 Å². The Bertz CT molecular complexity index is 417. The summed E-state index contributed by atoms with van der Waals surface area (Å²) in [7, 11) is 0. The average molecular weight is 295 g/mol. The van der Waals surface area contributed by atoms with Crippen LogP contribution in [0.25, 0.3) is 0 Å². The molecule has 0 radical (unpaired) electrons. The number of aromatic nitrogens is 2. The standard InChI is InChI=1S/C14H25N5S/c15-13-19-18-12(20-13)3-8-17-11-1-4-14(5-2-11)6-9-16-10-7-14/h11,16-17H,1-10H2,(H2,15,19). The molecule has 1 aromatic rings. The van der Waals surface area contributed by atoms with E-state index in [1.54, 1.807) is 0 Å². The first-order valence-corrected chi connectivity index (χ1v) is 8.59. The summed E-state index contributed by atoms with van der Waals surface area (Å²) in [6.07, 6.45) is 9.17. The number of nitrogens with two attached hydrogens (primary N) is 1. The van der Waals surface area contributed by atoms with Crippen LogP contribution in [0.2, 0.25) is 0 Å². The minimum Gasteiger partial charge on any atom is -0.374 e. The molecule has 20 heavy (non-hydrogen) atoms. The summed E-state index contributed by atoms with van der Waals surface area (Å²) < 4.78 is 0. The van der Waals surface area contributed by atoms with Crippen LogP contribution in [0.3, 0.4) is 0 Å². The number of nitrogens with zero attached hydrogens (tertiary/aromatic N) is 2. The van der Waals surface area contributed by atoms with Crippen molar-refractivity contribution in [3.05, 3.63) is 5.01 Å². The van der Waals surface area contributed by atoms with E-state index < -0.39 is 0 Å². The number of hydrogen-bond acceptors (Lipinski definition) is 6. The smallest absolute Gasteiger partial charge is 0.203 e. The molecule has 6 heteroatoms. The van der Waals surface area contributed by atoms with Gasteiger partial charge in [0.1, 0.15) is 5.01 Å². The van der Waals surface area contributed by atoms with E-state index in [2.05, 4.69) is 20.8 Å². The average Bonchev–Trinajstić information content (AvgIpc) is 2.88. The summed E-state index contributed by atoms with van der Waals surface area (Å²) in [6.45, 7) is 3.43. The van der Waals surface area contributed by atoms with E-state index >= 15 is 0 Å². The van der Waals surface area contributed by atoms with Crippen molar-refractivity contribution < 1.29 is 0 Å². The zero-order valence-corrected chi connectivity index (χ0v) is 12.8. The Labute approximate surface area is 124 Å². The van der Waals surface area contributed by atoms with Gasteiger partial charge in [0.15, 0.2) is 0 Å². The third-order valence-corrected chi connectivity index (χ3v) is 5.78. The van der Waals surface area contributed by atoms with E-state index in [1.165, 1.54) is 63.0 Å². The third kappa shape index (κ3) is 3.48. The Morgan fingerprint density at radius 2 is 1.95 bits per heavy atom. The number of nitrogen functional groups attached to an aromatic ring is 1. The molecule has 0 aromatic carbocycles. The van der Waals surface area contributed by atoms with Gasteiger partial charge in [-0.25, -0.2) is 0 Å². The van der Waals surface area contributed by atoms with Gasteiger partial charge in [-0.3, -0.25) is 0 Å². The van der Waals surface area contributed by atoms with E-state index in [1.807, 2.05) is 0 Å². The van der Waals surface area contributed by atoms with Gasteiger partial charge in [0.05, 0.1) is 0 Å². The molecule has 2 aliphatic rings. The summed E-state index contributed by atoms with van der Waals surface area (Å²) in [5.74, 6) is 0. The normalized spacial score (nSPS) is 23.2. The second-order valence-electron chi connectivity index (χ2n) is 6.26. The molecule has 1 spiro atoms. The van der Waals surface area contributed by atoms with Gasteiger partial charge in [0, 0.05) is 19.0 Å². The molecular formula is C14H25N5S. The molecular weight excluding hydrogens is 270 g/mol. The highest BCUT2D eigenvalue weighted by molar-refractivity contribution is 7.15. The third-order valence-electron chi connectivity index (χ3n) is 4.96. The number of rotatable bonds is 4. The molecule has 2 fully saturated rings. The van der Waals surface area contributed by atoms with Crippen molar-refractivity contribution in [1.82, 2.24) is 20.8 Å².